The molecule has 0 unspecified atom stereocenters. The minimum atomic E-state index is -1.15. The molecule has 0 aliphatic carbocycles. The normalized spacial score (nSPS) is 12.1. The number of aromatic nitrogens is 1. The molecule has 0 spiro atoms. The molecule has 9 nitrogen and oxygen atoms in total. The Hall–Kier alpha value is -3.32. The van der Waals surface area contributed by atoms with E-state index in [2.05, 4.69) is 9.11 Å². The van der Waals surface area contributed by atoms with Crippen molar-refractivity contribution in [2.24, 2.45) is 5.41 Å². The highest BCUT2D eigenvalue weighted by Gasteiger charge is 2.32. The lowest BCUT2D eigenvalue weighted by atomic mass is 9.86. The molecular weight excluding hydrogens is 374 g/mol. The number of ether oxygens (including phenoxy) is 2. The summed E-state index contributed by atoms with van der Waals surface area (Å²) in [6, 6.07) is 5.79. The third-order valence-corrected chi connectivity index (χ3v) is 4.31. The summed E-state index contributed by atoms with van der Waals surface area (Å²) in [6.45, 7) is 4.81. The van der Waals surface area contributed by atoms with Crippen molar-refractivity contribution < 1.29 is 24.0 Å². The van der Waals surface area contributed by atoms with E-state index in [1.54, 1.807) is 26.8 Å². The van der Waals surface area contributed by atoms with Crippen molar-refractivity contribution in [3.8, 4) is 6.07 Å². The summed E-state index contributed by atoms with van der Waals surface area (Å²) in [4.78, 5) is 34.8. The van der Waals surface area contributed by atoms with Gasteiger partial charge < -0.3 is 9.47 Å². The van der Waals surface area contributed by atoms with Gasteiger partial charge in [-0.05, 0) is 17.6 Å². The van der Waals surface area contributed by atoms with E-state index in [0.29, 0.717) is 4.70 Å². The number of ketones is 1. The van der Waals surface area contributed by atoms with Crippen LogP contribution in [0.5, 0.6) is 0 Å². The van der Waals surface area contributed by atoms with Crippen LogP contribution in [0.15, 0.2) is 23.8 Å². The number of carbonyl (C=O) groups is 2. The lowest BCUT2D eigenvalue weighted by Crippen LogP contribution is -2.23. The summed E-state index contributed by atoms with van der Waals surface area (Å²) in [5.41, 5.74) is -1.58. The number of methoxy groups -OCH3 is 1. The van der Waals surface area contributed by atoms with Gasteiger partial charge in [0.05, 0.1) is 16.7 Å². The SMILES string of the molecule is COC(=O)OC(=C(C#N)C(=O)C(C)(C)C)c1nsc2ccc([N+](=O)[O-])cc12. The summed E-state index contributed by atoms with van der Waals surface area (Å²) in [6.07, 6.45) is -1.15. The van der Waals surface area contributed by atoms with Crippen molar-refractivity contribution in [3.63, 3.8) is 0 Å². The fourth-order valence-electron chi connectivity index (χ4n) is 2.13. The van der Waals surface area contributed by atoms with Gasteiger partial charge in [0.2, 0.25) is 0 Å². The molecule has 0 saturated heterocycles. The molecule has 10 heteroatoms. The van der Waals surface area contributed by atoms with Crippen LogP contribution in [0.3, 0.4) is 0 Å². The number of hydrogen-bond donors (Lipinski definition) is 0. The second-order valence-electron chi connectivity index (χ2n) is 6.42. The molecule has 27 heavy (non-hydrogen) atoms. The molecule has 140 valence electrons. The van der Waals surface area contributed by atoms with Gasteiger partial charge in [-0.25, -0.2) is 4.79 Å². The van der Waals surface area contributed by atoms with Gasteiger partial charge in [-0.15, -0.1) is 0 Å². The van der Waals surface area contributed by atoms with Gasteiger partial charge in [0.15, 0.2) is 11.5 Å². The molecule has 1 heterocycles. The molecule has 0 radical (unpaired) electrons. The Morgan fingerprint density at radius 2 is 2.00 bits per heavy atom. The number of nitrogens with zero attached hydrogens (tertiary/aromatic N) is 3. The molecule has 1 aromatic carbocycles. The Kier molecular flexibility index (Phi) is 5.56. The first kappa shape index (κ1) is 20.0. The molecule has 0 saturated carbocycles. The summed E-state index contributed by atoms with van der Waals surface area (Å²) < 4.78 is 14.2. The van der Waals surface area contributed by atoms with Crippen molar-refractivity contribution in [1.29, 1.82) is 5.26 Å². The predicted octanol–water partition coefficient (Wildman–Crippen LogP) is 3.84. The average Bonchev–Trinajstić information content (AvgIpc) is 3.03. The molecule has 0 bridgehead atoms. The fourth-order valence-corrected chi connectivity index (χ4v) is 2.88. The zero-order valence-corrected chi connectivity index (χ0v) is 15.7. The number of nitro groups is 1. The molecular formula is C17H15N3O6S. The van der Waals surface area contributed by atoms with Crippen LogP contribution in [0.4, 0.5) is 10.5 Å². The molecule has 2 aromatic rings. The number of rotatable bonds is 4. The van der Waals surface area contributed by atoms with Crippen molar-refractivity contribution in [3.05, 3.63) is 39.6 Å². The van der Waals surface area contributed by atoms with Crippen molar-refractivity contribution in [2.45, 2.75) is 20.8 Å². The van der Waals surface area contributed by atoms with E-state index in [9.17, 15) is 25.0 Å². The number of Topliss-reactive ketones (excluding diaryl/α,β-unsaturated/α-hetero) is 1. The lowest BCUT2D eigenvalue weighted by Gasteiger charge is -2.17. The maximum atomic E-state index is 12.7. The number of benzene rings is 1. The van der Waals surface area contributed by atoms with Crippen LogP contribution < -0.4 is 0 Å². The standard InChI is InChI=1S/C17H15N3O6S/c1-17(2,3)15(21)11(8-18)14(26-16(22)25-4)13-10-7-9(20(23)24)5-6-12(10)27-19-13/h5-7H,1-4H3. The summed E-state index contributed by atoms with van der Waals surface area (Å²) in [7, 11) is 1.07. The lowest BCUT2D eigenvalue weighted by molar-refractivity contribution is -0.384. The van der Waals surface area contributed by atoms with E-state index >= 15 is 0 Å². The topological polar surface area (TPSA) is 132 Å². The molecule has 0 aliphatic heterocycles. The molecule has 1 aromatic heterocycles. The van der Waals surface area contributed by atoms with Gasteiger partial charge in [0.1, 0.15) is 17.3 Å². The number of fused-ring (bicyclic) bond motifs is 1. The zero-order chi connectivity index (χ0) is 20.4. The van der Waals surface area contributed by atoms with Crippen LogP contribution in [0.2, 0.25) is 0 Å². The van der Waals surface area contributed by atoms with Gasteiger partial charge in [-0.1, -0.05) is 20.8 Å². The van der Waals surface area contributed by atoms with Crippen molar-refractivity contribution in [2.75, 3.05) is 7.11 Å². The van der Waals surface area contributed by atoms with Crippen LogP contribution in [0.25, 0.3) is 15.8 Å². The van der Waals surface area contributed by atoms with Crippen LogP contribution in [-0.2, 0) is 14.3 Å². The molecule has 0 atom stereocenters. The van der Waals surface area contributed by atoms with Crippen LogP contribution in [0, 0.1) is 26.9 Å². The maximum absolute atomic E-state index is 12.7. The average molecular weight is 389 g/mol. The number of nitro benzene ring substituents is 1. The van der Waals surface area contributed by atoms with Gasteiger partial charge in [-0.3, -0.25) is 14.9 Å². The van der Waals surface area contributed by atoms with Crippen molar-refractivity contribution >= 4 is 45.0 Å². The van der Waals surface area contributed by atoms with Gasteiger partial charge >= 0.3 is 6.16 Å². The molecule has 0 amide bonds. The third kappa shape index (κ3) is 4.09. The number of nitriles is 1. The quantitative estimate of drug-likeness (QED) is 0.192. The third-order valence-electron chi connectivity index (χ3n) is 3.48. The van der Waals surface area contributed by atoms with E-state index in [1.807, 2.05) is 0 Å². The second kappa shape index (κ2) is 7.51. The Labute approximate surface area is 158 Å². The number of carbonyl (C=O) groups excluding carboxylic acids is 2. The van der Waals surface area contributed by atoms with Crippen molar-refractivity contribution in [1.82, 2.24) is 4.37 Å². The Morgan fingerprint density at radius 3 is 2.52 bits per heavy atom. The highest BCUT2D eigenvalue weighted by atomic mass is 32.1. The largest absolute Gasteiger partial charge is 0.513 e. The molecule has 0 fully saturated rings. The van der Waals surface area contributed by atoms with Gasteiger partial charge in [-0.2, -0.15) is 9.64 Å². The van der Waals surface area contributed by atoms with E-state index in [4.69, 9.17) is 4.74 Å². The van der Waals surface area contributed by atoms with Gasteiger partial charge in [0, 0.05) is 22.9 Å². The molecule has 0 N–H and O–H groups in total. The minimum Gasteiger partial charge on any atom is -0.437 e. The smallest absolute Gasteiger partial charge is 0.437 e. The Morgan fingerprint density at radius 1 is 1.33 bits per heavy atom. The van der Waals surface area contributed by atoms with Crippen LogP contribution in [0.1, 0.15) is 26.5 Å². The van der Waals surface area contributed by atoms with Gasteiger partial charge in [0.25, 0.3) is 5.69 Å². The minimum absolute atomic E-state index is 0.0155. The fraction of sp³-hybridized carbons (Fsp3) is 0.294. The first-order chi connectivity index (χ1) is 12.6. The summed E-state index contributed by atoms with van der Waals surface area (Å²) in [5.74, 6) is -0.966. The number of non-ortho nitro benzene ring substituents is 1. The first-order valence-electron chi connectivity index (χ1n) is 7.59. The zero-order valence-electron chi connectivity index (χ0n) is 14.9. The predicted molar refractivity (Wildman–Crippen MR) is 96.8 cm³/mol. The molecule has 2 rings (SSSR count). The number of hydrogen-bond acceptors (Lipinski definition) is 9. The maximum Gasteiger partial charge on any atom is 0.513 e. The highest BCUT2D eigenvalue weighted by molar-refractivity contribution is 7.13. The first-order valence-corrected chi connectivity index (χ1v) is 8.36. The van der Waals surface area contributed by atoms with E-state index < -0.39 is 33.6 Å². The van der Waals surface area contributed by atoms with E-state index in [0.717, 1.165) is 18.6 Å². The Bertz CT molecular complexity index is 1010. The summed E-state index contributed by atoms with van der Waals surface area (Å²) >= 11 is 0.985. The Balaban J connectivity index is 2.80. The molecule has 0 aliphatic rings. The summed E-state index contributed by atoms with van der Waals surface area (Å²) in [5, 5.41) is 20.9. The van der Waals surface area contributed by atoms with E-state index in [-0.39, 0.29) is 16.8 Å². The van der Waals surface area contributed by atoms with E-state index in [1.165, 1.54) is 18.2 Å². The van der Waals surface area contributed by atoms with Crippen LogP contribution in [-0.4, -0.2) is 28.3 Å². The highest BCUT2D eigenvalue weighted by Crippen LogP contribution is 2.34. The number of allylic oxidation sites excluding steroid dienone is 1. The monoisotopic (exact) mass is 389 g/mol. The second-order valence-corrected chi connectivity index (χ2v) is 7.22. The van der Waals surface area contributed by atoms with Crippen LogP contribution >= 0.6 is 11.5 Å².